The van der Waals surface area contributed by atoms with Gasteiger partial charge in [0.15, 0.2) is 11.5 Å². The van der Waals surface area contributed by atoms with Gasteiger partial charge in [0.05, 0.1) is 27.4 Å². The van der Waals surface area contributed by atoms with Gasteiger partial charge < -0.3 is 29.2 Å². The molecule has 0 amide bonds. The smallest absolute Gasteiger partial charge is 0.160 e. The molecule has 2 atom stereocenters. The van der Waals surface area contributed by atoms with E-state index in [2.05, 4.69) is 0 Å². The fourth-order valence-corrected chi connectivity index (χ4v) is 2.91. The van der Waals surface area contributed by atoms with Gasteiger partial charge in [-0.25, -0.2) is 0 Å². The molecule has 6 heteroatoms. The SMILES string of the molecule is COc1cc(OC)c2c(c1)O[C@@H](c1ccc(OC)c(O)c1)[C@@H](O)C2. The van der Waals surface area contributed by atoms with Crippen molar-refractivity contribution in [1.82, 2.24) is 0 Å². The van der Waals surface area contributed by atoms with E-state index in [-0.39, 0.29) is 5.75 Å². The first-order valence-electron chi connectivity index (χ1n) is 7.54. The summed E-state index contributed by atoms with van der Waals surface area (Å²) in [4.78, 5) is 0. The molecule has 0 aromatic heterocycles. The highest BCUT2D eigenvalue weighted by Crippen LogP contribution is 2.43. The van der Waals surface area contributed by atoms with Gasteiger partial charge in [-0.3, -0.25) is 0 Å². The van der Waals surface area contributed by atoms with Crippen LogP contribution in [0.2, 0.25) is 0 Å². The lowest BCUT2D eigenvalue weighted by atomic mass is 9.94. The van der Waals surface area contributed by atoms with E-state index < -0.39 is 12.2 Å². The Kier molecular flexibility index (Phi) is 4.40. The third kappa shape index (κ3) is 2.80. The van der Waals surface area contributed by atoms with Crippen LogP contribution < -0.4 is 18.9 Å². The van der Waals surface area contributed by atoms with E-state index in [4.69, 9.17) is 18.9 Å². The third-order valence-electron chi connectivity index (χ3n) is 4.15. The highest BCUT2D eigenvalue weighted by Gasteiger charge is 2.32. The number of aliphatic hydroxyl groups excluding tert-OH is 1. The highest BCUT2D eigenvalue weighted by molar-refractivity contribution is 5.53. The summed E-state index contributed by atoms with van der Waals surface area (Å²) >= 11 is 0. The predicted molar refractivity (Wildman–Crippen MR) is 87.3 cm³/mol. The van der Waals surface area contributed by atoms with Crippen LogP contribution in [0.4, 0.5) is 0 Å². The molecule has 2 aromatic carbocycles. The van der Waals surface area contributed by atoms with E-state index in [1.807, 2.05) is 0 Å². The number of hydrogen-bond donors (Lipinski definition) is 2. The molecule has 0 unspecified atom stereocenters. The first-order valence-corrected chi connectivity index (χ1v) is 7.54. The Hall–Kier alpha value is -2.60. The zero-order valence-corrected chi connectivity index (χ0v) is 13.8. The fraction of sp³-hybridized carbons (Fsp3) is 0.333. The summed E-state index contributed by atoms with van der Waals surface area (Å²) in [7, 11) is 4.61. The van der Waals surface area contributed by atoms with E-state index in [1.54, 1.807) is 38.5 Å². The monoisotopic (exact) mass is 332 g/mol. The average Bonchev–Trinajstić information content (AvgIpc) is 2.60. The Balaban J connectivity index is 1.98. The standard InChI is InChI=1S/C18H20O6/c1-21-11-7-16(23-3)12-9-14(20)18(24-17(12)8-11)10-4-5-15(22-2)13(19)6-10/h4-8,14,18-20H,9H2,1-3H3/t14-,18-/m0/s1. The molecule has 0 saturated carbocycles. The lowest BCUT2D eigenvalue weighted by Crippen LogP contribution is -2.30. The van der Waals surface area contributed by atoms with Crippen molar-refractivity contribution in [3.05, 3.63) is 41.5 Å². The number of methoxy groups -OCH3 is 3. The first-order chi connectivity index (χ1) is 11.6. The van der Waals surface area contributed by atoms with E-state index in [0.717, 1.165) is 5.56 Å². The minimum absolute atomic E-state index is 0.000167. The summed E-state index contributed by atoms with van der Waals surface area (Å²) in [5.74, 6) is 2.18. The number of aliphatic hydroxyl groups is 1. The van der Waals surface area contributed by atoms with Crippen LogP contribution in [0, 0.1) is 0 Å². The van der Waals surface area contributed by atoms with Crippen LogP contribution >= 0.6 is 0 Å². The molecule has 1 heterocycles. The molecule has 0 radical (unpaired) electrons. The molecule has 1 aliphatic rings. The Bertz CT molecular complexity index is 743. The van der Waals surface area contributed by atoms with Crippen molar-refractivity contribution in [2.24, 2.45) is 0 Å². The second-order valence-electron chi connectivity index (χ2n) is 5.55. The van der Waals surface area contributed by atoms with Gasteiger partial charge in [-0.05, 0) is 17.7 Å². The summed E-state index contributed by atoms with van der Waals surface area (Å²) in [5, 5.41) is 20.5. The number of phenols is 1. The molecule has 0 fully saturated rings. The maximum Gasteiger partial charge on any atom is 0.160 e. The summed E-state index contributed by atoms with van der Waals surface area (Å²) < 4.78 is 21.7. The summed E-state index contributed by atoms with van der Waals surface area (Å²) in [5.41, 5.74) is 1.45. The number of benzene rings is 2. The Morgan fingerprint density at radius 2 is 1.75 bits per heavy atom. The van der Waals surface area contributed by atoms with Crippen molar-refractivity contribution in [3.8, 4) is 28.7 Å². The molecule has 6 nitrogen and oxygen atoms in total. The van der Waals surface area contributed by atoms with E-state index in [0.29, 0.717) is 35.0 Å². The second kappa shape index (κ2) is 6.49. The van der Waals surface area contributed by atoms with Gasteiger partial charge in [-0.2, -0.15) is 0 Å². The number of hydrogen-bond acceptors (Lipinski definition) is 6. The van der Waals surface area contributed by atoms with Crippen molar-refractivity contribution in [3.63, 3.8) is 0 Å². The predicted octanol–water partition coefficient (Wildman–Crippen LogP) is 2.46. The van der Waals surface area contributed by atoms with Crippen LogP contribution in [0.3, 0.4) is 0 Å². The van der Waals surface area contributed by atoms with Crippen LogP contribution in [-0.4, -0.2) is 37.6 Å². The highest BCUT2D eigenvalue weighted by atomic mass is 16.5. The zero-order chi connectivity index (χ0) is 17.3. The Morgan fingerprint density at radius 3 is 2.38 bits per heavy atom. The maximum absolute atomic E-state index is 10.5. The number of ether oxygens (including phenoxy) is 4. The molecule has 128 valence electrons. The van der Waals surface area contributed by atoms with Crippen LogP contribution in [-0.2, 0) is 6.42 Å². The first kappa shape index (κ1) is 16.3. The lowest BCUT2D eigenvalue weighted by Gasteiger charge is -2.32. The molecule has 3 rings (SSSR count). The Labute approximate surface area is 140 Å². The molecule has 0 aliphatic carbocycles. The molecule has 1 aliphatic heterocycles. The largest absolute Gasteiger partial charge is 0.504 e. The molecule has 2 aromatic rings. The van der Waals surface area contributed by atoms with Gasteiger partial charge >= 0.3 is 0 Å². The molecule has 0 bridgehead atoms. The summed E-state index contributed by atoms with van der Waals surface area (Å²) in [6.07, 6.45) is -1.00. The van der Waals surface area contributed by atoms with Crippen molar-refractivity contribution in [2.75, 3.05) is 21.3 Å². The average molecular weight is 332 g/mol. The van der Waals surface area contributed by atoms with E-state index in [1.165, 1.54) is 13.2 Å². The van der Waals surface area contributed by atoms with Gasteiger partial charge in [0.2, 0.25) is 0 Å². The third-order valence-corrected chi connectivity index (χ3v) is 4.15. The molecule has 2 N–H and O–H groups in total. The summed E-state index contributed by atoms with van der Waals surface area (Å²) in [6, 6.07) is 8.46. The molecule has 0 saturated heterocycles. The number of rotatable bonds is 4. The van der Waals surface area contributed by atoms with Crippen LogP contribution in [0.15, 0.2) is 30.3 Å². The molecular weight excluding hydrogens is 312 g/mol. The quantitative estimate of drug-likeness (QED) is 0.895. The van der Waals surface area contributed by atoms with Gasteiger partial charge in [0.1, 0.15) is 23.4 Å². The fourth-order valence-electron chi connectivity index (χ4n) is 2.91. The minimum atomic E-state index is -0.771. The van der Waals surface area contributed by atoms with Crippen LogP contribution in [0.25, 0.3) is 0 Å². The van der Waals surface area contributed by atoms with Crippen molar-refractivity contribution < 1.29 is 29.2 Å². The van der Waals surface area contributed by atoms with E-state index >= 15 is 0 Å². The van der Waals surface area contributed by atoms with E-state index in [9.17, 15) is 10.2 Å². The topological polar surface area (TPSA) is 77.4 Å². The second-order valence-corrected chi connectivity index (χ2v) is 5.55. The zero-order valence-electron chi connectivity index (χ0n) is 13.8. The normalized spacial score (nSPS) is 19.2. The van der Waals surface area contributed by atoms with Crippen LogP contribution in [0.1, 0.15) is 17.2 Å². The van der Waals surface area contributed by atoms with Gasteiger partial charge in [-0.15, -0.1) is 0 Å². The number of fused-ring (bicyclic) bond motifs is 1. The molecule has 0 spiro atoms. The summed E-state index contributed by atoms with van der Waals surface area (Å²) in [6.45, 7) is 0. The lowest BCUT2D eigenvalue weighted by molar-refractivity contribution is 0.0197. The molecular formula is C18H20O6. The number of phenolic OH excluding ortho intramolecular Hbond substituents is 1. The molecule has 24 heavy (non-hydrogen) atoms. The van der Waals surface area contributed by atoms with Crippen molar-refractivity contribution >= 4 is 0 Å². The van der Waals surface area contributed by atoms with Gasteiger partial charge in [-0.1, -0.05) is 6.07 Å². The Morgan fingerprint density at radius 1 is 1.00 bits per heavy atom. The van der Waals surface area contributed by atoms with Crippen LogP contribution in [0.5, 0.6) is 28.7 Å². The maximum atomic E-state index is 10.5. The van der Waals surface area contributed by atoms with Gasteiger partial charge in [0, 0.05) is 24.1 Å². The van der Waals surface area contributed by atoms with Gasteiger partial charge in [0.25, 0.3) is 0 Å². The van der Waals surface area contributed by atoms with Crippen molar-refractivity contribution in [2.45, 2.75) is 18.6 Å². The number of aromatic hydroxyl groups is 1. The minimum Gasteiger partial charge on any atom is -0.504 e. The van der Waals surface area contributed by atoms with Crippen molar-refractivity contribution in [1.29, 1.82) is 0 Å².